The SMILES string of the molecule is CCCNCC(O)CS. The van der Waals surface area contributed by atoms with Crippen molar-refractivity contribution >= 4 is 12.6 Å². The van der Waals surface area contributed by atoms with Gasteiger partial charge in [0.1, 0.15) is 0 Å². The molecule has 3 heteroatoms. The molecule has 0 aliphatic carbocycles. The summed E-state index contributed by atoms with van der Waals surface area (Å²) in [7, 11) is 0. The van der Waals surface area contributed by atoms with Crippen molar-refractivity contribution in [2.75, 3.05) is 18.8 Å². The van der Waals surface area contributed by atoms with Crippen LogP contribution >= 0.6 is 12.6 Å². The van der Waals surface area contributed by atoms with E-state index in [9.17, 15) is 0 Å². The molecule has 1 unspecified atom stereocenters. The van der Waals surface area contributed by atoms with Crippen molar-refractivity contribution in [3.05, 3.63) is 0 Å². The number of hydrogen-bond acceptors (Lipinski definition) is 3. The minimum absolute atomic E-state index is 0.292. The predicted octanol–water partition coefficient (Wildman–Crippen LogP) is 0.277. The molecule has 0 aromatic rings. The summed E-state index contributed by atoms with van der Waals surface area (Å²) >= 11 is 3.93. The standard InChI is InChI=1S/C6H15NOS/c1-2-3-7-4-6(8)5-9/h6-9H,2-5H2,1H3. The second-order valence-corrected chi connectivity index (χ2v) is 2.41. The Bertz CT molecular complexity index is 61.0. The van der Waals surface area contributed by atoms with Crippen LogP contribution in [0.1, 0.15) is 13.3 Å². The van der Waals surface area contributed by atoms with Crippen LogP contribution < -0.4 is 5.32 Å². The molecule has 0 heterocycles. The first-order valence-corrected chi connectivity index (χ1v) is 3.94. The summed E-state index contributed by atoms with van der Waals surface area (Å²) in [5, 5.41) is 12.0. The Morgan fingerprint density at radius 1 is 1.67 bits per heavy atom. The number of nitrogens with one attached hydrogen (secondary N) is 1. The maximum Gasteiger partial charge on any atom is 0.0752 e. The zero-order valence-electron chi connectivity index (χ0n) is 5.80. The lowest BCUT2D eigenvalue weighted by Crippen LogP contribution is -2.28. The smallest absolute Gasteiger partial charge is 0.0752 e. The summed E-state index contributed by atoms with van der Waals surface area (Å²) in [6.45, 7) is 3.74. The van der Waals surface area contributed by atoms with Crippen LogP contribution in [0.15, 0.2) is 0 Å². The molecule has 0 saturated heterocycles. The predicted molar refractivity (Wildman–Crippen MR) is 43.0 cm³/mol. The number of rotatable bonds is 5. The molecule has 2 N–H and O–H groups in total. The largest absolute Gasteiger partial charge is 0.391 e. The quantitative estimate of drug-likeness (QED) is 0.387. The van der Waals surface area contributed by atoms with Crippen LogP contribution in [-0.4, -0.2) is 30.1 Å². The van der Waals surface area contributed by atoms with Gasteiger partial charge in [0.2, 0.25) is 0 Å². The van der Waals surface area contributed by atoms with Crippen molar-refractivity contribution in [1.29, 1.82) is 0 Å². The zero-order chi connectivity index (χ0) is 7.11. The summed E-state index contributed by atoms with van der Waals surface area (Å²) in [6, 6.07) is 0. The highest BCUT2D eigenvalue weighted by molar-refractivity contribution is 7.80. The first-order valence-electron chi connectivity index (χ1n) is 3.31. The van der Waals surface area contributed by atoms with Crippen LogP contribution in [0, 0.1) is 0 Å². The second kappa shape index (κ2) is 6.39. The Morgan fingerprint density at radius 3 is 2.78 bits per heavy atom. The Balaban J connectivity index is 2.88. The topological polar surface area (TPSA) is 32.3 Å². The Morgan fingerprint density at radius 2 is 2.33 bits per heavy atom. The van der Waals surface area contributed by atoms with Gasteiger partial charge in [0.25, 0.3) is 0 Å². The van der Waals surface area contributed by atoms with E-state index >= 15 is 0 Å². The van der Waals surface area contributed by atoms with E-state index in [1.807, 2.05) is 0 Å². The molecule has 0 aliphatic rings. The van der Waals surface area contributed by atoms with Crippen molar-refractivity contribution in [3.8, 4) is 0 Å². The third kappa shape index (κ3) is 6.15. The van der Waals surface area contributed by atoms with Gasteiger partial charge in [0, 0.05) is 12.3 Å². The van der Waals surface area contributed by atoms with Crippen LogP contribution in [0.25, 0.3) is 0 Å². The summed E-state index contributed by atoms with van der Waals surface area (Å²) in [4.78, 5) is 0. The van der Waals surface area contributed by atoms with Crippen LogP contribution in [0.5, 0.6) is 0 Å². The highest BCUT2D eigenvalue weighted by Crippen LogP contribution is 1.83. The molecule has 0 amide bonds. The molecule has 0 fully saturated rings. The van der Waals surface area contributed by atoms with Crippen LogP contribution in [0.2, 0.25) is 0 Å². The maximum absolute atomic E-state index is 8.95. The lowest BCUT2D eigenvalue weighted by atomic mass is 10.4. The molecular weight excluding hydrogens is 134 g/mol. The zero-order valence-corrected chi connectivity index (χ0v) is 6.69. The summed E-state index contributed by atoms with van der Waals surface area (Å²) < 4.78 is 0. The van der Waals surface area contributed by atoms with Gasteiger partial charge in [0.15, 0.2) is 0 Å². The van der Waals surface area contributed by atoms with E-state index in [1.165, 1.54) is 0 Å². The van der Waals surface area contributed by atoms with Gasteiger partial charge < -0.3 is 10.4 Å². The fourth-order valence-electron chi connectivity index (χ4n) is 0.510. The highest BCUT2D eigenvalue weighted by atomic mass is 32.1. The van der Waals surface area contributed by atoms with Crippen molar-refractivity contribution in [2.45, 2.75) is 19.4 Å². The van der Waals surface area contributed by atoms with E-state index in [-0.39, 0.29) is 6.10 Å². The molecule has 0 aromatic heterocycles. The summed E-state index contributed by atoms with van der Waals surface area (Å²) in [5.41, 5.74) is 0. The van der Waals surface area contributed by atoms with Gasteiger partial charge in [-0.25, -0.2) is 0 Å². The van der Waals surface area contributed by atoms with Crippen molar-refractivity contribution < 1.29 is 5.11 Å². The Kier molecular flexibility index (Phi) is 6.58. The number of hydrogen-bond donors (Lipinski definition) is 3. The van der Waals surface area contributed by atoms with Crippen LogP contribution in [-0.2, 0) is 0 Å². The van der Waals surface area contributed by atoms with Crippen LogP contribution in [0.3, 0.4) is 0 Å². The minimum Gasteiger partial charge on any atom is -0.391 e. The normalized spacial score (nSPS) is 13.7. The fraction of sp³-hybridized carbons (Fsp3) is 1.00. The maximum atomic E-state index is 8.95. The third-order valence-corrected chi connectivity index (χ3v) is 1.44. The fourth-order valence-corrected chi connectivity index (χ4v) is 0.639. The molecular formula is C6H15NOS. The van der Waals surface area contributed by atoms with Gasteiger partial charge in [-0.2, -0.15) is 12.6 Å². The summed E-state index contributed by atoms with van der Waals surface area (Å²) in [5.74, 6) is 0.538. The molecule has 1 atom stereocenters. The molecule has 0 rings (SSSR count). The molecule has 9 heavy (non-hydrogen) atoms. The monoisotopic (exact) mass is 149 g/mol. The first-order chi connectivity index (χ1) is 4.31. The van der Waals surface area contributed by atoms with Crippen molar-refractivity contribution in [1.82, 2.24) is 5.32 Å². The molecule has 56 valence electrons. The second-order valence-electron chi connectivity index (χ2n) is 2.04. The van der Waals surface area contributed by atoms with E-state index in [4.69, 9.17) is 5.11 Å². The first kappa shape index (κ1) is 9.27. The van der Waals surface area contributed by atoms with E-state index in [1.54, 1.807) is 0 Å². The molecule has 0 bridgehead atoms. The van der Waals surface area contributed by atoms with Gasteiger partial charge in [-0.05, 0) is 13.0 Å². The Labute approximate surface area is 62.1 Å². The summed E-state index contributed by atoms with van der Waals surface area (Å²) in [6.07, 6.45) is 0.819. The molecule has 0 aromatic carbocycles. The van der Waals surface area contributed by atoms with E-state index in [2.05, 4.69) is 24.9 Å². The van der Waals surface area contributed by atoms with Gasteiger partial charge in [0.05, 0.1) is 6.10 Å². The van der Waals surface area contributed by atoms with Crippen molar-refractivity contribution in [2.24, 2.45) is 0 Å². The third-order valence-electron chi connectivity index (χ3n) is 1.02. The van der Waals surface area contributed by atoms with Gasteiger partial charge >= 0.3 is 0 Å². The van der Waals surface area contributed by atoms with Gasteiger partial charge in [-0.3, -0.25) is 0 Å². The highest BCUT2D eigenvalue weighted by Gasteiger charge is 1.97. The lowest BCUT2D eigenvalue weighted by molar-refractivity contribution is 0.196. The minimum atomic E-state index is -0.292. The lowest BCUT2D eigenvalue weighted by Gasteiger charge is -2.06. The molecule has 0 saturated carbocycles. The van der Waals surface area contributed by atoms with E-state index < -0.39 is 0 Å². The van der Waals surface area contributed by atoms with E-state index in [0.717, 1.165) is 13.0 Å². The van der Waals surface area contributed by atoms with Gasteiger partial charge in [-0.1, -0.05) is 6.92 Å². The average Bonchev–Trinajstić information content (AvgIpc) is 1.89. The molecule has 0 aliphatic heterocycles. The Hall–Kier alpha value is 0.270. The molecule has 0 spiro atoms. The average molecular weight is 149 g/mol. The van der Waals surface area contributed by atoms with E-state index in [0.29, 0.717) is 12.3 Å². The number of aliphatic hydroxyl groups is 1. The molecule has 0 radical (unpaired) electrons. The van der Waals surface area contributed by atoms with Gasteiger partial charge in [-0.15, -0.1) is 0 Å². The number of aliphatic hydroxyl groups excluding tert-OH is 1. The number of thiol groups is 1. The van der Waals surface area contributed by atoms with Crippen LogP contribution in [0.4, 0.5) is 0 Å². The molecule has 2 nitrogen and oxygen atoms in total. The van der Waals surface area contributed by atoms with Crippen molar-refractivity contribution in [3.63, 3.8) is 0 Å².